The van der Waals surface area contributed by atoms with Crippen molar-refractivity contribution >= 4 is 21.4 Å². The number of hydrogen-bond acceptors (Lipinski definition) is 6. The molecule has 1 N–H and O–H groups in total. The molecule has 0 radical (unpaired) electrons. The second kappa shape index (κ2) is 7.82. The summed E-state index contributed by atoms with van der Waals surface area (Å²) in [6.07, 6.45) is 0.689. The zero-order valence-corrected chi connectivity index (χ0v) is 16.7. The predicted octanol–water partition coefficient (Wildman–Crippen LogP) is 2.55. The van der Waals surface area contributed by atoms with Gasteiger partial charge in [-0.1, -0.05) is 24.2 Å². The Bertz CT molecular complexity index is 899. The van der Waals surface area contributed by atoms with Crippen LogP contribution in [0.2, 0.25) is 0 Å². The van der Waals surface area contributed by atoms with Crippen molar-refractivity contribution in [2.24, 2.45) is 0 Å². The number of amides is 1. The van der Waals surface area contributed by atoms with Crippen LogP contribution in [0.15, 0.2) is 28.8 Å². The monoisotopic (exact) mass is 391 g/mol. The van der Waals surface area contributed by atoms with Gasteiger partial charge in [-0.25, -0.2) is 8.42 Å². The largest absolute Gasteiger partial charge is 0.359 e. The van der Waals surface area contributed by atoms with E-state index in [2.05, 4.69) is 15.4 Å². The Morgan fingerprint density at radius 2 is 2.00 bits per heavy atom. The summed E-state index contributed by atoms with van der Waals surface area (Å²) >= 11 is 0. The molecule has 8 heteroatoms. The van der Waals surface area contributed by atoms with Crippen molar-refractivity contribution in [2.45, 2.75) is 39.8 Å². The van der Waals surface area contributed by atoms with E-state index in [1.165, 1.54) is 0 Å². The lowest BCUT2D eigenvalue weighted by Crippen LogP contribution is -2.35. The topological polar surface area (TPSA) is 92.5 Å². The van der Waals surface area contributed by atoms with Crippen LogP contribution in [0.4, 0.5) is 5.69 Å². The number of carbonyl (C=O) groups is 1. The molecule has 0 saturated carbocycles. The van der Waals surface area contributed by atoms with Gasteiger partial charge in [0.05, 0.1) is 11.5 Å². The molecule has 1 atom stereocenters. The lowest BCUT2D eigenvalue weighted by molar-refractivity contribution is 0.102. The molecule has 7 nitrogen and oxygen atoms in total. The number of aryl methyl sites for hydroxylation is 2. The number of carbonyl (C=O) groups excluding carboxylic acids is 1. The summed E-state index contributed by atoms with van der Waals surface area (Å²) in [6.45, 7) is 7.02. The Morgan fingerprint density at radius 1 is 1.30 bits per heavy atom. The summed E-state index contributed by atoms with van der Waals surface area (Å²) < 4.78 is 28.5. The number of anilines is 1. The van der Waals surface area contributed by atoms with Gasteiger partial charge in [-0.3, -0.25) is 9.69 Å². The molecule has 2 heterocycles. The lowest BCUT2D eigenvalue weighted by Gasteiger charge is -2.26. The second-order valence-electron chi connectivity index (χ2n) is 6.97. The molecule has 1 fully saturated rings. The van der Waals surface area contributed by atoms with E-state index in [1.807, 2.05) is 19.1 Å². The summed E-state index contributed by atoms with van der Waals surface area (Å²) in [4.78, 5) is 14.6. The van der Waals surface area contributed by atoms with Crippen molar-refractivity contribution in [1.29, 1.82) is 0 Å². The van der Waals surface area contributed by atoms with Crippen LogP contribution >= 0.6 is 0 Å². The Morgan fingerprint density at radius 3 is 2.52 bits per heavy atom. The fraction of sp³-hybridized carbons (Fsp3) is 0.474. The first-order valence-electron chi connectivity index (χ1n) is 9.06. The first-order chi connectivity index (χ1) is 12.8. The Labute approximate surface area is 159 Å². The van der Waals surface area contributed by atoms with Gasteiger partial charge in [-0.2, -0.15) is 0 Å². The summed E-state index contributed by atoms with van der Waals surface area (Å²) in [5.74, 6) is 0.862. The van der Waals surface area contributed by atoms with E-state index >= 15 is 0 Å². The van der Waals surface area contributed by atoms with Gasteiger partial charge in [-0.05, 0) is 44.5 Å². The van der Waals surface area contributed by atoms with E-state index in [-0.39, 0.29) is 23.5 Å². The molecular weight excluding hydrogens is 366 g/mol. The number of nitrogens with zero attached hydrogens (tertiary/aromatic N) is 2. The third-order valence-corrected chi connectivity index (χ3v) is 6.76. The number of rotatable bonds is 6. The van der Waals surface area contributed by atoms with E-state index in [4.69, 9.17) is 4.52 Å². The van der Waals surface area contributed by atoms with Crippen LogP contribution in [0, 0.1) is 13.8 Å². The van der Waals surface area contributed by atoms with Crippen LogP contribution in [-0.2, 0) is 16.4 Å². The fourth-order valence-electron chi connectivity index (χ4n) is 3.41. The van der Waals surface area contributed by atoms with Crippen LogP contribution in [0.25, 0.3) is 0 Å². The maximum absolute atomic E-state index is 12.4. The molecule has 1 aliphatic heterocycles. The number of hydrogen-bond donors (Lipinski definition) is 1. The molecule has 2 aromatic rings. The zero-order chi connectivity index (χ0) is 19.6. The van der Waals surface area contributed by atoms with E-state index in [0.717, 1.165) is 12.1 Å². The number of aromatic nitrogens is 1. The van der Waals surface area contributed by atoms with Crippen molar-refractivity contribution in [3.8, 4) is 0 Å². The molecule has 146 valence electrons. The van der Waals surface area contributed by atoms with Gasteiger partial charge in [0.1, 0.15) is 11.4 Å². The van der Waals surface area contributed by atoms with Crippen molar-refractivity contribution in [3.63, 3.8) is 0 Å². The maximum Gasteiger partial charge on any atom is 0.255 e. The summed E-state index contributed by atoms with van der Waals surface area (Å²) in [5, 5.41) is 6.66. The maximum atomic E-state index is 12.4. The summed E-state index contributed by atoms with van der Waals surface area (Å²) in [6, 6.07) is 7.45. The summed E-state index contributed by atoms with van der Waals surface area (Å²) in [7, 11) is -2.90. The highest BCUT2D eigenvalue weighted by atomic mass is 32.2. The van der Waals surface area contributed by atoms with Gasteiger partial charge in [0.15, 0.2) is 15.6 Å². The quantitative estimate of drug-likeness (QED) is 0.814. The molecule has 1 aliphatic rings. The first-order valence-corrected chi connectivity index (χ1v) is 10.9. The van der Waals surface area contributed by atoms with Crippen molar-refractivity contribution in [3.05, 3.63) is 46.8 Å². The van der Waals surface area contributed by atoms with E-state index in [1.54, 1.807) is 26.0 Å². The third-order valence-electron chi connectivity index (χ3n) is 5.00. The predicted molar refractivity (Wildman–Crippen MR) is 104 cm³/mol. The highest BCUT2D eigenvalue weighted by Gasteiger charge is 2.31. The fourth-order valence-corrected chi connectivity index (χ4v) is 5.17. The number of nitrogens with one attached hydrogen (secondary N) is 1. The molecule has 0 spiro atoms. The van der Waals surface area contributed by atoms with Crippen LogP contribution in [0.1, 0.15) is 40.7 Å². The highest BCUT2D eigenvalue weighted by Crippen LogP contribution is 2.21. The van der Waals surface area contributed by atoms with Gasteiger partial charge in [0.25, 0.3) is 5.91 Å². The second-order valence-corrected chi connectivity index (χ2v) is 9.20. The van der Waals surface area contributed by atoms with Crippen LogP contribution in [0.5, 0.6) is 0 Å². The highest BCUT2D eigenvalue weighted by molar-refractivity contribution is 7.91. The average molecular weight is 391 g/mol. The molecule has 0 bridgehead atoms. The minimum atomic E-state index is -2.90. The lowest BCUT2D eigenvalue weighted by atomic mass is 10.1. The molecule has 1 saturated heterocycles. The average Bonchev–Trinajstić information content (AvgIpc) is 3.16. The van der Waals surface area contributed by atoms with Crippen LogP contribution < -0.4 is 5.32 Å². The van der Waals surface area contributed by atoms with Crippen LogP contribution in [-0.4, -0.2) is 48.5 Å². The SMILES string of the molecule is CCN(Cc1ccc(C(=O)Nc2c(C)noc2C)cc1)[C@H]1CCS(=O)(=O)C1. The molecule has 27 heavy (non-hydrogen) atoms. The Hall–Kier alpha value is -2.19. The Kier molecular flexibility index (Phi) is 5.67. The zero-order valence-electron chi connectivity index (χ0n) is 15.9. The van der Waals surface area contributed by atoms with E-state index in [9.17, 15) is 13.2 Å². The van der Waals surface area contributed by atoms with Gasteiger partial charge in [0.2, 0.25) is 0 Å². The normalized spacial score (nSPS) is 18.7. The van der Waals surface area contributed by atoms with Crippen molar-refractivity contribution in [2.75, 3.05) is 23.4 Å². The van der Waals surface area contributed by atoms with E-state index in [0.29, 0.717) is 35.7 Å². The molecule has 0 aliphatic carbocycles. The van der Waals surface area contributed by atoms with Gasteiger partial charge in [-0.15, -0.1) is 0 Å². The summed E-state index contributed by atoms with van der Waals surface area (Å²) in [5.41, 5.74) is 2.84. The van der Waals surface area contributed by atoms with Gasteiger partial charge in [0, 0.05) is 18.2 Å². The smallest absolute Gasteiger partial charge is 0.255 e. The van der Waals surface area contributed by atoms with Gasteiger partial charge < -0.3 is 9.84 Å². The van der Waals surface area contributed by atoms with Gasteiger partial charge >= 0.3 is 0 Å². The Balaban J connectivity index is 1.65. The third kappa shape index (κ3) is 4.56. The first kappa shape index (κ1) is 19.6. The number of sulfone groups is 1. The molecular formula is C19H25N3O4S. The minimum Gasteiger partial charge on any atom is -0.359 e. The number of benzene rings is 1. The molecule has 1 aromatic heterocycles. The minimum absolute atomic E-state index is 0.0718. The van der Waals surface area contributed by atoms with Crippen LogP contribution in [0.3, 0.4) is 0 Å². The standard InChI is InChI=1S/C19H25N3O4S/c1-4-22(17-9-10-27(24,25)12-17)11-15-5-7-16(8-6-15)19(23)20-18-13(2)21-26-14(18)3/h5-8,17H,4,9-12H2,1-3H3,(H,20,23)/t17-/m0/s1. The van der Waals surface area contributed by atoms with Crippen molar-refractivity contribution < 1.29 is 17.7 Å². The molecule has 3 rings (SSSR count). The molecule has 0 unspecified atom stereocenters. The molecule has 1 aromatic carbocycles. The van der Waals surface area contributed by atoms with E-state index < -0.39 is 9.84 Å². The van der Waals surface area contributed by atoms with Crippen molar-refractivity contribution in [1.82, 2.24) is 10.1 Å². The molecule has 1 amide bonds.